The van der Waals surface area contributed by atoms with E-state index in [1.807, 2.05) is 18.2 Å². The smallest absolute Gasteiger partial charge is 0.234 e. The van der Waals surface area contributed by atoms with Gasteiger partial charge in [-0.2, -0.15) is 0 Å². The first-order valence-corrected chi connectivity index (χ1v) is 6.72. The highest BCUT2D eigenvalue weighted by Gasteiger charge is 2.30. The molecule has 0 spiro atoms. The van der Waals surface area contributed by atoms with Gasteiger partial charge in [-0.3, -0.25) is 19.3 Å². The Kier molecular flexibility index (Phi) is 3.36. The zero-order chi connectivity index (χ0) is 14.8. The molecule has 0 bridgehead atoms. The summed E-state index contributed by atoms with van der Waals surface area (Å²) < 4.78 is 0. The quantitative estimate of drug-likeness (QED) is 0.641. The predicted octanol–water partition coefficient (Wildman–Crippen LogP) is 2.57. The van der Waals surface area contributed by atoms with Crippen LogP contribution in [0.4, 0.5) is 5.69 Å². The van der Waals surface area contributed by atoms with Crippen LogP contribution < -0.4 is 4.90 Å². The summed E-state index contributed by atoms with van der Waals surface area (Å²) in [5.41, 5.74) is 1.66. The van der Waals surface area contributed by atoms with Gasteiger partial charge in [0.15, 0.2) is 5.78 Å². The minimum absolute atomic E-state index is 0.0822. The van der Waals surface area contributed by atoms with E-state index < -0.39 is 0 Å². The molecule has 1 aliphatic heterocycles. The largest absolute Gasteiger partial charge is 0.289 e. The zero-order valence-electron chi connectivity index (χ0n) is 11.3. The number of imide groups is 1. The highest BCUT2D eigenvalue weighted by atomic mass is 16.2. The Hall–Kier alpha value is -2.75. The monoisotopic (exact) mass is 279 g/mol. The molecule has 0 aliphatic carbocycles. The van der Waals surface area contributed by atoms with Gasteiger partial charge >= 0.3 is 0 Å². The van der Waals surface area contributed by atoms with Crippen LogP contribution in [-0.2, 0) is 9.59 Å². The summed E-state index contributed by atoms with van der Waals surface area (Å²) in [7, 11) is 0. The standard InChI is InChI=1S/C17H13NO3/c19-15-10-11-16(20)18(15)14-8-6-13(7-9-14)17(21)12-4-2-1-3-5-12/h1-9H,10-11H2. The zero-order valence-corrected chi connectivity index (χ0v) is 11.3. The van der Waals surface area contributed by atoms with Crippen LogP contribution in [0, 0.1) is 0 Å². The third-order valence-corrected chi connectivity index (χ3v) is 3.48. The first-order chi connectivity index (χ1) is 10.2. The molecule has 0 N–H and O–H groups in total. The Morgan fingerprint density at radius 3 is 1.86 bits per heavy atom. The number of amides is 2. The Bertz CT molecular complexity index is 689. The van der Waals surface area contributed by atoms with Gasteiger partial charge in [0.05, 0.1) is 5.69 Å². The van der Waals surface area contributed by atoms with Crippen molar-refractivity contribution < 1.29 is 14.4 Å². The molecule has 1 saturated heterocycles. The van der Waals surface area contributed by atoms with Gasteiger partial charge in [0.25, 0.3) is 0 Å². The van der Waals surface area contributed by atoms with Gasteiger partial charge < -0.3 is 0 Å². The lowest BCUT2D eigenvalue weighted by Gasteiger charge is -2.13. The topological polar surface area (TPSA) is 54.5 Å². The minimum atomic E-state index is -0.192. The lowest BCUT2D eigenvalue weighted by molar-refractivity contribution is -0.121. The van der Waals surface area contributed by atoms with Gasteiger partial charge in [0.1, 0.15) is 0 Å². The summed E-state index contributed by atoms with van der Waals surface area (Å²) in [5.74, 6) is -0.467. The van der Waals surface area contributed by atoms with Crippen LogP contribution in [0.5, 0.6) is 0 Å². The Labute approximate surface area is 122 Å². The number of hydrogen-bond donors (Lipinski definition) is 0. The summed E-state index contributed by atoms with van der Waals surface area (Å²) >= 11 is 0. The number of carbonyl (C=O) groups excluding carboxylic acids is 3. The average Bonchev–Trinajstić information content (AvgIpc) is 2.87. The lowest BCUT2D eigenvalue weighted by Crippen LogP contribution is -2.28. The van der Waals surface area contributed by atoms with Crippen molar-refractivity contribution in [2.45, 2.75) is 12.8 Å². The van der Waals surface area contributed by atoms with E-state index in [0.717, 1.165) is 0 Å². The second kappa shape index (κ2) is 5.32. The number of hydrogen-bond acceptors (Lipinski definition) is 3. The van der Waals surface area contributed by atoms with Crippen LogP contribution in [0.3, 0.4) is 0 Å². The summed E-state index contributed by atoms with van der Waals surface area (Å²) in [5, 5.41) is 0. The molecule has 4 heteroatoms. The van der Waals surface area contributed by atoms with Crippen molar-refractivity contribution in [1.82, 2.24) is 0 Å². The summed E-state index contributed by atoms with van der Waals surface area (Å²) in [6.45, 7) is 0. The number of carbonyl (C=O) groups is 3. The second-order valence-electron chi connectivity index (χ2n) is 4.86. The number of benzene rings is 2. The van der Waals surface area contributed by atoms with Crippen molar-refractivity contribution >= 4 is 23.3 Å². The van der Waals surface area contributed by atoms with Crippen LogP contribution in [-0.4, -0.2) is 17.6 Å². The average molecular weight is 279 g/mol. The van der Waals surface area contributed by atoms with Gasteiger partial charge in [0.2, 0.25) is 11.8 Å². The Morgan fingerprint density at radius 2 is 1.29 bits per heavy atom. The molecule has 104 valence electrons. The fourth-order valence-corrected chi connectivity index (χ4v) is 2.38. The molecule has 0 aromatic heterocycles. The molecule has 2 aromatic rings. The molecule has 4 nitrogen and oxygen atoms in total. The van der Waals surface area contributed by atoms with E-state index in [1.165, 1.54) is 4.90 Å². The van der Waals surface area contributed by atoms with E-state index in [9.17, 15) is 14.4 Å². The van der Waals surface area contributed by atoms with E-state index in [-0.39, 0.29) is 30.4 Å². The van der Waals surface area contributed by atoms with Crippen LogP contribution in [0.25, 0.3) is 0 Å². The number of anilines is 1. The normalized spacial score (nSPS) is 14.6. The van der Waals surface area contributed by atoms with Crippen molar-refractivity contribution in [3.05, 3.63) is 65.7 Å². The number of nitrogens with zero attached hydrogens (tertiary/aromatic N) is 1. The van der Waals surface area contributed by atoms with Crippen LogP contribution in [0.1, 0.15) is 28.8 Å². The summed E-state index contributed by atoms with van der Waals surface area (Å²) in [6.07, 6.45) is 0.507. The van der Waals surface area contributed by atoms with Gasteiger partial charge in [-0.15, -0.1) is 0 Å². The summed E-state index contributed by atoms with van der Waals surface area (Å²) in [6, 6.07) is 15.5. The van der Waals surface area contributed by atoms with E-state index in [1.54, 1.807) is 36.4 Å². The molecule has 21 heavy (non-hydrogen) atoms. The van der Waals surface area contributed by atoms with Gasteiger partial charge in [0, 0.05) is 24.0 Å². The van der Waals surface area contributed by atoms with Gasteiger partial charge in [-0.05, 0) is 24.3 Å². The molecule has 1 heterocycles. The van der Waals surface area contributed by atoms with Crippen molar-refractivity contribution in [2.24, 2.45) is 0 Å². The number of ketones is 1. The molecule has 0 saturated carbocycles. The molecule has 3 rings (SSSR count). The van der Waals surface area contributed by atoms with Crippen molar-refractivity contribution in [2.75, 3.05) is 4.90 Å². The number of rotatable bonds is 3. The van der Waals surface area contributed by atoms with Crippen LogP contribution in [0.2, 0.25) is 0 Å². The predicted molar refractivity (Wildman–Crippen MR) is 78.0 cm³/mol. The van der Waals surface area contributed by atoms with Crippen molar-refractivity contribution in [3.63, 3.8) is 0 Å². The maximum absolute atomic E-state index is 12.3. The van der Waals surface area contributed by atoms with Crippen LogP contribution >= 0.6 is 0 Å². The Morgan fingerprint density at radius 1 is 0.762 bits per heavy atom. The third kappa shape index (κ3) is 2.48. The molecule has 1 fully saturated rings. The van der Waals surface area contributed by atoms with Crippen molar-refractivity contribution in [3.8, 4) is 0 Å². The molecule has 0 radical (unpaired) electrons. The highest BCUT2D eigenvalue weighted by molar-refractivity contribution is 6.20. The first kappa shape index (κ1) is 13.2. The van der Waals surface area contributed by atoms with E-state index in [4.69, 9.17) is 0 Å². The van der Waals surface area contributed by atoms with Gasteiger partial charge in [-0.1, -0.05) is 30.3 Å². The van der Waals surface area contributed by atoms with Crippen LogP contribution in [0.15, 0.2) is 54.6 Å². The van der Waals surface area contributed by atoms with Gasteiger partial charge in [-0.25, -0.2) is 0 Å². The Balaban J connectivity index is 1.86. The molecule has 1 aliphatic rings. The molecular weight excluding hydrogens is 266 g/mol. The fourth-order valence-electron chi connectivity index (χ4n) is 2.38. The third-order valence-electron chi connectivity index (χ3n) is 3.48. The maximum atomic E-state index is 12.3. The first-order valence-electron chi connectivity index (χ1n) is 6.72. The minimum Gasteiger partial charge on any atom is -0.289 e. The second-order valence-corrected chi connectivity index (χ2v) is 4.86. The fraction of sp³-hybridized carbons (Fsp3) is 0.118. The summed E-state index contributed by atoms with van der Waals surface area (Å²) in [4.78, 5) is 36.8. The molecular formula is C17H13NO3. The maximum Gasteiger partial charge on any atom is 0.234 e. The molecule has 2 aromatic carbocycles. The SMILES string of the molecule is O=C(c1ccccc1)c1ccc(N2C(=O)CCC2=O)cc1. The van der Waals surface area contributed by atoms with E-state index in [2.05, 4.69) is 0 Å². The van der Waals surface area contributed by atoms with E-state index in [0.29, 0.717) is 16.8 Å². The lowest BCUT2D eigenvalue weighted by atomic mass is 10.0. The molecule has 2 amide bonds. The molecule has 0 atom stereocenters. The van der Waals surface area contributed by atoms with Crippen molar-refractivity contribution in [1.29, 1.82) is 0 Å². The highest BCUT2D eigenvalue weighted by Crippen LogP contribution is 2.23. The van der Waals surface area contributed by atoms with E-state index >= 15 is 0 Å². The molecule has 0 unspecified atom stereocenters.